The van der Waals surface area contributed by atoms with E-state index in [1.165, 1.54) is 5.39 Å². The summed E-state index contributed by atoms with van der Waals surface area (Å²) >= 11 is 0. The molecule has 4 nitrogen and oxygen atoms in total. The van der Waals surface area contributed by atoms with Gasteiger partial charge in [0.25, 0.3) is 0 Å². The molecule has 0 spiro atoms. The van der Waals surface area contributed by atoms with Crippen LogP contribution in [0.25, 0.3) is 10.9 Å². The van der Waals surface area contributed by atoms with Crippen molar-refractivity contribution in [1.82, 2.24) is 4.98 Å². The van der Waals surface area contributed by atoms with Crippen molar-refractivity contribution in [3.8, 4) is 0 Å². The van der Waals surface area contributed by atoms with Crippen LogP contribution in [0.4, 0.5) is 5.69 Å². The summed E-state index contributed by atoms with van der Waals surface area (Å²) in [6, 6.07) is 15.1. The van der Waals surface area contributed by atoms with E-state index in [4.69, 9.17) is 5.11 Å². The van der Waals surface area contributed by atoms with Gasteiger partial charge < -0.3 is 15.4 Å². The van der Waals surface area contributed by atoms with Crippen molar-refractivity contribution in [2.75, 3.05) is 5.32 Å². The molecule has 1 aromatic heterocycles. The Morgan fingerprint density at radius 2 is 2.00 bits per heavy atom. The molecule has 4 heteroatoms. The average molecular weight is 266 g/mol. The molecular weight excluding hydrogens is 252 g/mol. The van der Waals surface area contributed by atoms with Crippen LogP contribution in [0.5, 0.6) is 0 Å². The van der Waals surface area contributed by atoms with Crippen molar-refractivity contribution in [3.63, 3.8) is 0 Å². The summed E-state index contributed by atoms with van der Waals surface area (Å²) < 4.78 is 0. The molecule has 0 aliphatic carbocycles. The number of fused-ring (bicyclic) bond motifs is 1. The van der Waals surface area contributed by atoms with Gasteiger partial charge >= 0.3 is 5.97 Å². The molecule has 0 atom stereocenters. The summed E-state index contributed by atoms with van der Waals surface area (Å²) in [6.07, 6.45) is 1.90. The number of benzene rings is 2. The van der Waals surface area contributed by atoms with Gasteiger partial charge in [0.2, 0.25) is 0 Å². The molecule has 20 heavy (non-hydrogen) atoms. The first-order chi connectivity index (χ1) is 9.74. The Kier molecular flexibility index (Phi) is 3.13. The third-order valence-corrected chi connectivity index (χ3v) is 3.26. The Hall–Kier alpha value is -2.75. The molecule has 0 unspecified atom stereocenters. The highest BCUT2D eigenvalue weighted by Gasteiger charge is 2.08. The summed E-state index contributed by atoms with van der Waals surface area (Å²) in [4.78, 5) is 14.3. The Balaban J connectivity index is 1.80. The quantitative estimate of drug-likeness (QED) is 0.677. The van der Waals surface area contributed by atoms with Crippen LogP contribution in [0.1, 0.15) is 15.9 Å². The van der Waals surface area contributed by atoms with Crippen LogP contribution in [-0.2, 0) is 6.54 Å². The van der Waals surface area contributed by atoms with Crippen LogP contribution in [0.15, 0.2) is 54.7 Å². The highest BCUT2D eigenvalue weighted by atomic mass is 16.4. The van der Waals surface area contributed by atoms with Gasteiger partial charge in [0.15, 0.2) is 0 Å². The second-order valence-electron chi connectivity index (χ2n) is 4.60. The fraction of sp³-hybridized carbons (Fsp3) is 0.0625. The molecule has 0 saturated heterocycles. The number of carboxylic acids is 1. The fourth-order valence-corrected chi connectivity index (χ4v) is 2.23. The molecule has 0 aliphatic heterocycles. The number of para-hydroxylation sites is 1. The lowest BCUT2D eigenvalue weighted by Crippen LogP contribution is -2.06. The van der Waals surface area contributed by atoms with Gasteiger partial charge in [-0.25, -0.2) is 4.79 Å². The molecule has 3 rings (SSSR count). The van der Waals surface area contributed by atoms with Crippen LogP contribution in [0, 0.1) is 0 Å². The second kappa shape index (κ2) is 5.09. The number of hydrogen-bond donors (Lipinski definition) is 3. The van der Waals surface area contributed by atoms with Crippen molar-refractivity contribution in [2.24, 2.45) is 0 Å². The van der Waals surface area contributed by atoms with Crippen LogP contribution < -0.4 is 5.32 Å². The molecule has 0 radical (unpaired) electrons. The summed E-state index contributed by atoms with van der Waals surface area (Å²) in [5.74, 6) is -0.923. The first-order valence-corrected chi connectivity index (χ1v) is 6.36. The maximum Gasteiger partial charge on any atom is 0.337 e. The number of H-pyrrole nitrogens is 1. The number of nitrogens with one attached hydrogen (secondary N) is 2. The monoisotopic (exact) mass is 266 g/mol. The third kappa shape index (κ3) is 2.36. The number of carboxylic acid groups (broad SMARTS) is 1. The highest BCUT2D eigenvalue weighted by Crippen LogP contribution is 2.18. The Bertz CT molecular complexity index is 762. The van der Waals surface area contributed by atoms with E-state index in [1.54, 1.807) is 18.2 Å². The normalized spacial score (nSPS) is 10.6. The Morgan fingerprint density at radius 3 is 2.85 bits per heavy atom. The largest absolute Gasteiger partial charge is 0.478 e. The van der Waals surface area contributed by atoms with E-state index < -0.39 is 5.97 Å². The smallest absolute Gasteiger partial charge is 0.337 e. The van der Waals surface area contributed by atoms with Crippen molar-refractivity contribution in [3.05, 3.63) is 65.9 Å². The van der Waals surface area contributed by atoms with Gasteiger partial charge in [-0.3, -0.25) is 0 Å². The van der Waals surface area contributed by atoms with Crippen LogP contribution in [-0.4, -0.2) is 16.1 Å². The van der Waals surface area contributed by atoms with E-state index in [0.29, 0.717) is 12.2 Å². The minimum absolute atomic E-state index is 0.286. The molecule has 1 heterocycles. The fourth-order valence-electron chi connectivity index (χ4n) is 2.23. The van der Waals surface area contributed by atoms with Gasteiger partial charge in [0, 0.05) is 23.9 Å². The molecule has 0 fully saturated rings. The molecule has 3 N–H and O–H groups in total. The van der Waals surface area contributed by atoms with E-state index in [2.05, 4.69) is 16.4 Å². The Morgan fingerprint density at radius 1 is 1.15 bits per heavy atom. The van der Waals surface area contributed by atoms with Crippen molar-refractivity contribution < 1.29 is 9.90 Å². The molecule has 3 aromatic rings. The lowest BCUT2D eigenvalue weighted by Gasteiger charge is -2.09. The third-order valence-electron chi connectivity index (χ3n) is 3.26. The first kappa shape index (κ1) is 12.3. The van der Waals surface area contributed by atoms with E-state index in [9.17, 15) is 4.79 Å². The zero-order chi connectivity index (χ0) is 13.9. The number of anilines is 1. The SMILES string of the molecule is O=C(O)c1ccccc1NCc1ccc2cc[nH]c2c1. The van der Waals surface area contributed by atoms with Crippen LogP contribution >= 0.6 is 0 Å². The summed E-state index contributed by atoms with van der Waals surface area (Å²) in [6.45, 7) is 0.583. The number of aromatic nitrogens is 1. The Labute approximate surface area is 116 Å². The number of hydrogen-bond acceptors (Lipinski definition) is 2. The molecule has 0 aliphatic rings. The predicted octanol–water partition coefficient (Wildman–Crippen LogP) is 3.48. The van der Waals surface area contributed by atoms with E-state index >= 15 is 0 Å². The number of carbonyl (C=O) groups is 1. The van der Waals surface area contributed by atoms with E-state index in [1.807, 2.05) is 30.5 Å². The van der Waals surface area contributed by atoms with Crippen molar-refractivity contribution in [1.29, 1.82) is 0 Å². The van der Waals surface area contributed by atoms with Crippen LogP contribution in [0.3, 0.4) is 0 Å². The second-order valence-corrected chi connectivity index (χ2v) is 4.60. The lowest BCUT2D eigenvalue weighted by molar-refractivity contribution is 0.0698. The van der Waals surface area contributed by atoms with Gasteiger partial charge in [-0.05, 0) is 35.2 Å². The highest BCUT2D eigenvalue weighted by molar-refractivity contribution is 5.94. The zero-order valence-electron chi connectivity index (χ0n) is 10.8. The van der Waals surface area contributed by atoms with Gasteiger partial charge in [-0.1, -0.05) is 24.3 Å². The number of aromatic amines is 1. The standard InChI is InChI=1S/C16H14N2O2/c19-16(20)13-3-1-2-4-14(13)18-10-11-5-6-12-7-8-17-15(12)9-11/h1-9,17-18H,10H2,(H,19,20). The molecule has 2 aromatic carbocycles. The van der Waals surface area contributed by atoms with Crippen molar-refractivity contribution in [2.45, 2.75) is 6.54 Å². The zero-order valence-corrected chi connectivity index (χ0v) is 10.8. The molecule has 0 saturated carbocycles. The minimum atomic E-state index is -0.923. The molecular formula is C16H14N2O2. The van der Waals surface area contributed by atoms with Crippen molar-refractivity contribution >= 4 is 22.6 Å². The van der Waals surface area contributed by atoms with Gasteiger partial charge in [-0.15, -0.1) is 0 Å². The van der Waals surface area contributed by atoms with Gasteiger partial charge in [0.05, 0.1) is 5.56 Å². The summed E-state index contributed by atoms with van der Waals surface area (Å²) in [5, 5.41) is 13.5. The first-order valence-electron chi connectivity index (χ1n) is 6.36. The van der Waals surface area contributed by atoms with Gasteiger partial charge in [0.1, 0.15) is 0 Å². The maximum absolute atomic E-state index is 11.1. The van der Waals surface area contributed by atoms with E-state index in [0.717, 1.165) is 11.1 Å². The summed E-state index contributed by atoms with van der Waals surface area (Å²) in [7, 11) is 0. The number of rotatable bonds is 4. The topological polar surface area (TPSA) is 65.1 Å². The number of aromatic carboxylic acids is 1. The van der Waals surface area contributed by atoms with Crippen LogP contribution in [0.2, 0.25) is 0 Å². The summed E-state index contributed by atoms with van der Waals surface area (Å²) in [5.41, 5.74) is 3.09. The lowest BCUT2D eigenvalue weighted by atomic mass is 10.1. The molecule has 100 valence electrons. The predicted molar refractivity (Wildman–Crippen MR) is 79.0 cm³/mol. The molecule has 0 bridgehead atoms. The molecule has 0 amide bonds. The average Bonchev–Trinajstić information content (AvgIpc) is 2.92. The van der Waals surface area contributed by atoms with E-state index in [-0.39, 0.29) is 5.56 Å². The minimum Gasteiger partial charge on any atom is -0.478 e. The van der Waals surface area contributed by atoms with Gasteiger partial charge in [-0.2, -0.15) is 0 Å². The maximum atomic E-state index is 11.1.